The molecule has 21 heavy (non-hydrogen) atoms. The van der Waals surface area contributed by atoms with Crippen LogP contribution in [0.25, 0.3) is 11.5 Å². The molecule has 0 atom stereocenters. The summed E-state index contributed by atoms with van der Waals surface area (Å²) in [4.78, 5) is 4.02. The summed E-state index contributed by atoms with van der Waals surface area (Å²) in [6, 6.07) is 13.3. The number of rotatable bonds is 4. The van der Waals surface area contributed by atoms with Gasteiger partial charge in [0.15, 0.2) is 0 Å². The van der Waals surface area contributed by atoms with E-state index in [4.69, 9.17) is 9.68 Å². The Hall–Kier alpha value is -2.65. The molecule has 102 valence electrons. The molecule has 1 aromatic carbocycles. The molecule has 0 spiro atoms. The molecule has 0 saturated carbocycles. The Bertz CT molecular complexity index is 780. The summed E-state index contributed by atoms with van der Waals surface area (Å²) in [7, 11) is 0. The summed E-state index contributed by atoms with van der Waals surface area (Å²) in [5.41, 5.74) is 2.48. The van der Waals surface area contributed by atoms with E-state index in [1.54, 1.807) is 18.5 Å². The van der Waals surface area contributed by atoms with Crippen molar-refractivity contribution in [3.63, 3.8) is 0 Å². The first-order valence-electron chi connectivity index (χ1n) is 6.21. The number of hydrogen-bond donors (Lipinski definition) is 0. The third-order valence-corrected chi connectivity index (χ3v) is 3.62. The van der Waals surface area contributed by atoms with Gasteiger partial charge in [0, 0.05) is 18.1 Å². The average molecular weight is 294 g/mol. The lowest BCUT2D eigenvalue weighted by atomic mass is 10.2. The van der Waals surface area contributed by atoms with E-state index < -0.39 is 0 Å². The van der Waals surface area contributed by atoms with Crippen LogP contribution in [0.4, 0.5) is 0 Å². The van der Waals surface area contributed by atoms with Crippen LogP contribution < -0.4 is 0 Å². The number of benzene rings is 1. The first-order valence-corrected chi connectivity index (χ1v) is 7.19. The summed E-state index contributed by atoms with van der Waals surface area (Å²) >= 11 is 1.44. The molecule has 2 heterocycles. The van der Waals surface area contributed by atoms with Crippen LogP contribution in [0.2, 0.25) is 0 Å². The Morgan fingerprint density at radius 1 is 1.19 bits per heavy atom. The highest BCUT2D eigenvalue weighted by Crippen LogP contribution is 2.25. The molecule has 0 bridgehead atoms. The summed E-state index contributed by atoms with van der Waals surface area (Å²) in [5, 5.41) is 17.4. The summed E-state index contributed by atoms with van der Waals surface area (Å²) in [5.74, 6) is 1.13. The van der Waals surface area contributed by atoms with E-state index in [0.29, 0.717) is 22.4 Å². The Kier molecular flexibility index (Phi) is 3.94. The molecule has 2 aromatic heterocycles. The molecule has 0 amide bonds. The number of thioether (sulfide) groups is 1. The van der Waals surface area contributed by atoms with Crippen molar-refractivity contribution in [2.45, 2.75) is 11.0 Å². The summed E-state index contributed by atoms with van der Waals surface area (Å²) in [6.07, 6.45) is 3.37. The summed E-state index contributed by atoms with van der Waals surface area (Å²) < 4.78 is 5.58. The van der Waals surface area contributed by atoms with Crippen LogP contribution >= 0.6 is 11.8 Å². The van der Waals surface area contributed by atoms with Crippen LogP contribution in [0.1, 0.15) is 11.1 Å². The van der Waals surface area contributed by atoms with E-state index in [1.165, 1.54) is 11.8 Å². The molecule has 6 heteroatoms. The fourth-order valence-electron chi connectivity index (χ4n) is 1.75. The SMILES string of the molecule is N#Cc1cccc(CSc2nnc(-c3cccnc3)o2)c1. The lowest BCUT2D eigenvalue weighted by Gasteiger charge is -1.98. The standard InChI is InChI=1S/C15H10N4OS/c16-8-11-3-1-4-12(7-11)10-21-15-19-18-14(20-15)13-5-2-6-17-9-13/h1-7,9H,10H2. The monoisotopic (exact) mass is 294 g/mol. The lowest BCUT2D eigenvalue weighted by molar-refractivity contribution is 0.465. The zero-order valence-corrected chi connectivity index (χ0v) is 11.7. The van der Waals surface area contributed by atoms with E-state index in [0.717, 1.165) is 11.1 Å². The van der Waals surface area contributed by atoms with Crippen LogP contribution in [-0.2, 0) is 5.75 Å². The molecule has 0 saturated heterocycles. The van der Waals surface area contributed by atoms with Gasteiger partial charge in [-0.05, 0) is 29.8 Å². The molecular formula is C15H10N4OS. The van der Waals surface area contributed by atoms with Gasteiger partial charge in [0.1, 0.15) is 0 Å². The predicted molar refractivity (Wildman–Crippen MR) is 78.2 cm³/mol. The molecule has 0 N–H and O–H groups in total. The van der Waals surface area contributed by atoms with Crippen molar-refractivity contribution in [3.05, 3.63) is 59.9 Å². The van der Waals surface area contributed by atoms with Gasteiger partial charge in [0.2, 0.25) is 5.89 Å². The van der Waals surface area contributed by atoms with Crippen LogP contribution in [0.15, 0.2) is 58.4 Å². The molecule has 5 nitrogen and oxygen atoms in total. The average Bonchev–Trinajstić information content (AvgIpc) is 3.03. The maximum Gasteiger partial charge on any atom is 0.277 e. The van der Waals surface area contributed by atoms with Crippen LogP contribution in [0.3, 0.4) is 0 Å². The van der Waals surface area contributed by atoms with Gasteiger partial charge >= 0.3 is 0 Å². The molecule has 3 aromatic rings. The van der Waals surface area contributed by atoms with Crippen molar-refractivity contribution in [1.82, 2.24) is 15.2 Å². The molecule has 0 aliphatic rings. The highest BCUT2D eigenvalue weighted by atomic mass is 32.2. The van der Waals surface area contributed by atoms with Crippen LogP contribution in [-0.4, -0.2) is 15.2 Å². The van der Waals surface area contributed by atoms with E-state index in [1.807, 2.05) is 30.3 Å². The molecule has 0 aliphatic carbocycles. The van der Waals surface area contributed by atoms with Gasteiger partial charge in [-0.2, -0.15) is 5.26 Å². The topological polar surface area (TPSA) is 75.6 Å². The highest BCUT2D eigenvalue weighted by molar-refractivity contribution is 7.98. The molecule has 0 fully saturated rings. The number of aromatic nitrogens is 3. The fourth-order valence-corrected chi connectivity index (χ4v) is 2.46. The minimum absolute atomic E-state index is 0.455. The third kappa shape index (κ3) is 3.27. The lowest BCUT2D eigenvalue weighted by Crippen LogP contribution is -1.82. The van der Waals surface area contributed by atoms with Crippen LogP contribution in [0.5, 0.6) is 0 Å². The van der Waals surface area contributed by atoms with Crippen molar-refractivity contribution in [1.29, 1.82) is 5.26 Å². The second-order valence-electron chi connectivity index (χ2n) is 4.22. The molecule has 3 rings (SSSR count). The van der Waals surface area contributed by atoms with E-state index in [-0.39, 0.29) is 0 Å². The zero-order chi connectivity index (χ0) is 14.5. The number of nitriles is 1. The van der Waals surface area contributed by atoms with Crippen molar-refractivity contribution < 1.29 is 4.42 Å². The predicted octanol–water partition coefficient (Wildman–Crippen LogP) is 3.30. The van der Waals surface area contributed by atoms with E-state index in [9.17, 15) is 0 Å². The van der Waals surface area contributed by atoms with Crippen molar-refractivity contribution in [3.8, 4) is 17.5 Å². The second-order valence-corrected chi connectivity index (χ2v) is 5.14. The Morgan fingerprint density at radius 2 is 2.14 bits per heavy atom. The number of hydrogen-bond acceptors (Lipinski definition) is 6. The number of pyridine rings is 1. The van der Waals surface area contributed by atoms with E-state index in [2.05, 4.69) is 21.3 Å². The smallest absolute Gasteiger partial charge is 0.277 e. The van der Waals surface area contributed by atoms with Gasteiger partial charge in [-0.25, -0.2) is 0 Å². The second kappa shape index (κ2) is 6.20. The van der Waals surface area contributed by atoms with E-state index >= 15 is 0 Å². The van der Waals surface area contributed by atoms with Gasteiger partial charge in [-0.3, -0.25) is 4.98 Å². The quantitative estimate of drug-likeness (QED) is 0.687. The molecular weight excluding hydrogens is 284 g/mol. The zero-order valence-electron chi connectivity index (χ0n) is 10.9. The van der Waals surface area contributed by atoms with Gasteiger partial charge in [-0.15, -0.1) is 10.2 Å². The van der Waals surface area contributed by atoms with Crippen molar-refractivity contribution in [2.24, 2.45) is 0 Å². The van der Waals surface area contributed by atoms with Crippen LogP contribution in [0, 0.1) is 11.3 Å². The Balaban J connectivity index is 1.69. The maximum atomic E-state index is 8.87. The third-order valence-electron chi connectivity index (χ3n) is 2.73. The molecule has 0 unspecified atom stereocenters. The van der Waals surface area contributed by atoms with Crippen molar-refractivity contribution in [2.75, 3.05) is 0 Å². The fraction of sp³-hybridized carbons (Fsp3) is 0.0667. The normalized spacial score (nSPS) is 10.2. The summed E-state index contributed by atoms with van der Waals surface area (Å²) in [6.45, 7) is 0. The first kappa shape index (κ1) is 13.3. The Morgan fingerprint density at radius 3 is 2.95 bits per heavy atom. The molecule has 0 radical (unpaired) electrons. The van der Waals surface area contributed by atoms with Gasteiger partial charge < -0.3 is 4.42 Å². The van der Waals surface area contributed by atoms with Gasteiger partial charge in [0.05, 0.1) is 17.2 Å². The Labute approximate surface area is 125 Å². The van der Waals surface area contributed by atoms with Gasteiger partial charge in [-0.1, -0.05) is 23.9 Å². The molecule has 0 aliphatic heterocycles. The first-order chi connectivity index (χ1) is 10.3. The van der Waals surface area contributed by atoms with Crippen molar-refractivity contribution >= 4 is 11.8 Å². The van der Waals surface area contributed by atoms with Gasteiger partial charge in [0.25, 0.3) is 5.22 Å². The highest BCUT2D eigenvalue weighted by Gasteiger charge is 2.09. The minimum atomic E-state index is 0.455. The largest absolute Gasteiger partial charge is 0.411 e. The minimum Gasteiger partial charge on any atom is -0.411 e. The number of nitrogens with zero attached hydrogens (tertiary/aromatic N) is 4. The maximum absolute atomic E-state index is 8.87.